The molecule has 5 atom stereocenters. The van der Waals surface area contributed by atoms with Crippen LogP contribution in [-0.2, 0) is 23.9 Å². The highest BCUT2D eigenvalue weighted by molar-refractivity contribution is 5.99. The molecular weight excluding hydrogens is 376 g/mol. The number of carbonyl (C=O) groups excluding carboxylic acids is 3. The van der Waals surface area contributed by atoms with E-state index in [4.69, 9.17) is 9.47 Å². The molecule has 0 saturated carbocycles. The number of rotatable bonds is 4. The monoisotopic (exact) mass is 404 g/mol. The zero-order valence-electron chi connectivity index (χ0n) is 17.0. The Kier molecular flexibility index (Phi) is 4.82. The Morgan fingerprint density at radius 2 is 1.93 bits per heavy atom. The third-order valence-electron chi connectivity index (χ3n) is 6.52. The summed E-state index contributed by atoms with van der Waals surface area (Å²) >= 11 is 0. The van der Waals surface area contributed by atoms with Crippen molar-refractivity contribution >= 4 is 17.8 Å². The summed E-state index contributed by atoms with van der Waals surface area (Å²) in [5.74, 6) is -2.66. The van der Waals surface area contributed by atoms with E-state index in [2.05, 4.69) is 0 Å². The number of amides is 2. The first-order chi connectivity index (χ1) is 13.8. The average Bonchev–Trinajstić information content (AvgIpc) is 2.90. The lowest BCUT2D eigenvalue weighted by Crippen LogP contribution is -2.57. The molecule has 4 rings (SSSR count). The van der Waals surface area contributed by atoms with E-state index >= 15 is 0 Å². The van der Waals surface area contributed by atoms with Gasteiger partial charge in [-0.15, -0.1) is 0 Å². The minimum atomic E-state index is -1.24. The highest BCUT2D eigenvalue weighted by atomic mass is 16.6. The van der Waals surface area contributed by atoms with E-state index in [1.807, 2.05) is 19.9 Å². The molecule has 0 radical (unpaired) electrons. The van der Waals surface area contributed by atoms with Gasteiger partial charge in [-0.25, -0.2) is 0 Å². The standard InChI is InChI=1S/C21H28N2O6/c1-13(2)22-9-4-8-21-14(15-19(27)28-12-5-7-20(15,3)29-21)17(25)23(10-6-11-24)16(21)18(22)26/h4-5,7-8,13-16,24H,6,9-12H2,1-3H3/t14-,15+,16?,20-,21-/m0/s1. The Morgan fingerprint density at radius 1 is 1.17 bits per heavy atom. The highest BCUT2D eigenvalue weighted by Crippen LogP contribution is 2.57. The predicted molar refractivity (Wildman–Crippen MR) is 102 cm³/mol. The Morgan fingerprint density at radius 3 is 2.62 bits per heavy atom. The Labute approximate surface area is 170 Å². The second-order valence-electron chi connectivity index (χ2n) is 8.63. The molecule has 2 amide bonds. The van der Waals surface area contributed by atoms with Gasteiger partial charge in [0.05, 0.1) is 11.5 Å². The number of esters is 1. The topological polar surface area (TPSA) is 96.4 Å². The molecule has 0 bridgehead atoms. The van der Waals surface area contributed by atoms with Crippen LogP contribution in [0.1, 0.15) is 27.2 Å². The number of fused-ring (bicyclic) bond motifs is 2. The first-order valence-electron chi connectivity index (χ1n) is 10.2. The summed E-state index contributed by atoms with van der Waals surface area (Å²) in [7, 11) is 0. The number of aliphatic hydroxyl groups is 1. The van der Waals surface area contributed by atoms with Gasteiger partial charge in [0.15, 0.2) is 0 Å². The van der Waals surface area contributed by atoms with Crippen molar-refractivity contribution in [3.05, 3.63) is 24.3 Å². The third-order valence-corrected chi connectivity index (χ3v) is 6.52. The zero-order chi connectivity index (χ0) is 21.0. The smallest absolute Gasteiger partial charge is 0.313 e. The summed E-state index contributed by atoms with van der Waals surface area (Å²) in [6, 6.07) is -0.930. The summed E-state index contributed by atoms with van der Waals surface area (Å²) in [5, 5.41) is 9.32. The predicted octanol–water partition coefficient (Wildman–Crippen LogP) is 0.260. The van der Waals surface area contributed by atoms with Crippen molar-refractivity contribution in [2.45, 2.75) is 50.5 Å². The van der Waals surface area contributed by atoms with E-state index in [-0.39, 0.29) is 37.6 Å². The zero-order valence-corrected chi connectivity index (χ0v) is 17.0. The summed E-state index contributed by atoms with van der Waals surface area (Å²) in [6.45, 7) is 6.30. The molecule has 2 saturated heterocycles. The van der Waals surface area contributed by atoms with Crippen molar-refractivity contribution in [3.63, 3.8) is 0 Å². The number of likely N-dealkylation sites (tertiary alicyclic amines) is 1. The van der Waals surface area contributed by atoms with Crippen LogP contribution < -0.4 is 0 Å². The fourth-order valence-electron chi connectivity index (χ4n) is 5.32. The second-order valence-corrected chi connectivity index (χ2v) is 8.63. The van der Waals surface area contributed by atoms with Gasteiger partial charge >= 0.3 is 5.97 Å². The molecular formula is C21H28N2O6. The molecule has 8 heteroatoms. The van der Waals surface area contributed by atoms with E-state index in [0.29, 0.717) is 13.0 Å². The fourth-order valence-corrected chi connectivity index (χ4v) is 5.32. The van der Waals surface area contributed by atoms with Gasteiger partial charge in [-0.3, -0.25) is 14.4 Å². The normalized spacial score (nSPS) is 38.7. The van der Waals surface area contributed by atoms with Crippen molar-refractivity contribution in [3.8, 4) is 0 Å². The maximum Gasteiger partial charge on any atom is 0.313 e. The highest BCUT2D eigenvalue weighted by Gasteiger charge is 2.74. The van der Waals surface area contributed by atoms with E-state index in [0.717, 1.165) is 0 Å². The SMILES string of the molecule is CC(C)N1CC=C[C@]23O[C@@]4(C)C=CCOC(=O)[C@H]4[C@H]2C(=O)N(CCCO)C3C1=O. The van der Waals surface area contributed by atoms with Crippen molar-refractivity contribution in [1.82, 2.24) is 9.80 Å². The van der Waals surface area contributed by atoms with Crippen LogP contribution in [0.3, 0.4) is 0 Å². The van der Waals surface area contributed by atoms with Crippen molar-refractivity contribution in [2.24, 2.45) is 11.8 Å². The average molecular weight is 404 g/mol. The first-order valence-corrected chi connectivity index (χ1v) is 10.2. The largest absolute Gasteiger partial charge is 0.461 e. The minimum absolute atomic E-state index is 0.0523. The van der Waals surface area contributed by atoms with Gasteiger partial charge in [-0.05, 0) is 33.3 Å². The molecule has 158 valence electrons. The molecule has 0 aromatic carbocycles. The van der Waals surface area contributed by atoms with Gasteiger partial charge < -0.3 is 24.4 Å². The van der Waals surface area contributed by atoms with Gasteiger partial charge in [0.25, 0.3) is 0 Å². The number of aliphatic hydroxyl groups excluding tert-OH is 1. The van der Waals surface area contributed by atoms with Crippen LogP contribution in [0.15, 0.2) is 24.3 Å². The number of cyclic esters (lactones) is 1. The molecule has 2 fully saturated rings. The van der Waals surface area contributed by atoms with Crippen molar-refractivity contribution in [2.75, 3.05) is 26.3 Å². The van der Waals surface area contributed by atoms with Crippen LogP contribution in [0.5, 0.6) is 0 Å². The number of hydrogen-bond acceptors (Lipinski definition) is 6. The molecule has 29 heavy (non-hydrogen) atoms. The molecule has 1 spiro atoms. The molecule has 1 N–H and O–H groups in total. The van der Waals surface area contributed by atoms with Gasteiger partial charge in [-0.1, -0.05) is 18.2 Å². The molecule has 4 heterocycles. The van der Waals surface area contributed by atoms with Crippen molar-refractivity contribution in [1.29, 1.82) is 0 Å². The van der Waals surface area contributed by atoms with E-state index in [1.165, 1.54) is 4.90 Å². The lowest BCUT2D eigenvalue weighted by molar-refractivity contribution is -0.158. The van der Waals surface area contributed by atoms with Gasteiger partial charge in [0.2, 0.25) is 11.8 Å². The Hall–Kier alpha value is -2.19. The lowest BCUT2D eigenvalue weighted by atomic mass is 9.75. The van der Waals surface area contributed by atoms with E-state index in [9.17, 15) is 19.5 Å². The number of carbonyl (C=O) groups is 3. The molecule has 0 aliphatic carbocycles. The van der Waals surface area contributed by atoms with Crippen molar-refractivity contribution < 1.29 is 29.0 Å². The maximum atomic E-state index is 13.6. The lowest BCUT2D eigenvalue weighted by Gasteiger charge is -2.38. The molecule has 0 aromatic heterocycles. The van der Waals surface area contributed by atoms with Gasteiger partial charge in [0.1, 0.15) is 24.2 Å². The maximum absolute atomic E-state index is 13.6. The van der Waals surface area contributed by atoms with Gasteiger partial charge in [-0.2, -0.15) is 0 Å². The van der Waals surface area contributed by atoms with Crippen LogP contribution in [0, 0.1) is 11.8 Å². The quantitative estimate of drug-likeness (QED) is 0.533. The first kappa shape index (κ1) is 20.1. The second kappa shape index (κ2) is 6.95. The minimum Gasteiger partial charge on any atom is -0.461 e. The summed E-state index contributed by atoms with van der Waals surface area (Å²) < 4.78 is 11.8. The number of ether oxygens (including phenoxy) is 2. The van der Waals surface area contributed by atoms with Crippen LogP contribution in [0.2, 0.25) is 0 Å². The summed E-state index contributed by atoms with van der Waals surface area (Å²) in [6.07, 6.45) is 7.51. The molecule has 4 aliphatic heterocycles. The van der Waals surface area contributed by atoms with E-state index < -0.39 is 35.0 Å². The Bertz CT molecular complexity index is 792. The molecule has 4 aliphatic rings. The summed E-state index contributed by atoms with van der Waals surface area (Å²) in [5.41, 5.74) is -2.28. The fraction of sp³-hybridized carbons (Fsp3) is 0.667. The molecule has 1 unspecified atom stereocenters. The molecule has 0 aromatic rings. The molecule has 8 nitrogen and oxygen atoms in total. The third kappa shape index (κ3) is 2.76. The Balaban J connectivity index is 1.87. The van der Waals surface area contributed by atoms with Crippen LogP contribution in [-0.4, -0.2) is 82.3 Å². The van der Waals surface area contributed by atoms with E-state index in [1.54, 1.807) is 30.1 Å². The van der Waals surface area contributed by atoms with Crippen LogP contribution in [0.4, 0.5) is 0 Å². The van der Waals surface area contributed by atoms with Crippen LogP contribution >= 0.6 is 0 Å². The number of nitrogens with zero attached hydrogens (tertiary/aromatic N) is 2. The number of hydrogen-bond donors (Lipinski definition) is 1. The van der Waals surface area contributed by atoms with Gasteiger partial charge in [0, 0.05) is 25.7 Å². The summed E-state index contributed by atoms with van der Waals surface area (Å²) in [4.78, 5) is 43.2. The van der Waals surface area contributed by atoms with Crippen LogP contribution in [0.25, 0.3) is 0 Å².